The largest absolute Gasteiger partial charge is 1.00 e. The second kappa shape index (κ2) is 6.34. The molecule has 3 N–H and O–H groups in total. The summed E-state index contributed by atoms with van der Waals surface area (Å²) < 4.78 is 29.4. The maximum absolute atomic E-state index is 10.5. The first-order chi connectivity index (χ1) is 5.41. The Morgan fingerprint density at radius 1 is 1.07 bits per heavy atom. The summed E-state index contributed by atoms with van der Waals surface area (Å²) in [5.41, 5.74) is 0. The summed E-state index contributed by atoms with van der Waals surface area (Å²) in [7, 11) is -4.31. The number of hydrogen-bond donors (Lipinski definition) is 3. The molecule has 0 saturated heterocycles. The number of aromatic hydroxyl groups is 2. The Morgan fingerprint density at radius 3 is 1.93 bits per heavy atom. The summed E-state index contributed by atoms with van der Waals surface area (Å²) in [5.74, 6) is -1.03. The fourth-order valence-electron chi connectivity index (χ4n) is 0.664. The predicted molar refractivity (Wildman–Crippen MR) is 41.8 cm³/mol. The molecule has 14 heavy (non-hydrogen) atoms. The number of phenolic OH excluding ortho intramolecular Hbond substituents is 2. The van der Waals surface area contributed by atoms with Gasteiger partial charge in [-0.05, 0) is 12.1 Å². The molecule has 0 spiro atoms. The van der Waals surface area contributed by atoms with E-state index in [4.69, 9.17) is 14.8 Å². The molecule has 0 atom stereocenters. The van der Waals surface area contributed by atoms with Gasteiger partial charge in [0.05, 0.1) is 4.90 Å². The van der Waals surface area contributed by atoms with Crippen LogP contribution in [-0.4, -0.2) is 23.2 Å². The molecular formula is C6H8Na2O5S. The molecule has 8 heteroatoms. The minimum Gasteiger partial charge on any atom is -1.00 e. The van der Waals surface area contributed by atoms with Crippen molar-refractivity contribution in [3.63, 3.8) is 0 Å². The van der Waals surface area contributed by atoms with Crippen molar-refractivity contribution in [1.82, 2.24) is 0 Å². The smallest absolute Gasteiger partial charge is 1.00 e. The van der Waals surface area contributed by atoms with E-state index < -0.39 is 26.5 Å². The molecule has 0 aromatic heterocycles. The van der Waals surface area contributed by atoms with Crippen LogP contribution in [0, 0.1) is 0 Å². The van der Waals surface area contributed by atoms with E-state index >= 15 is 0 Å². The van der Waals surface area contributed by atoms with Gasteiger partial charge in [0.15, 0.2) is 11.5 Å². The molecule has 0 aliphatic carbocycles. The van der Waals surface area contributed by atoms with Crippen molar-refractivity contribution in [2.75, 3.05) is 0 Å². The Labute approximate surface area is 128 Å². The molecular weight excluding hydrogens is 230 g/mol. The molecule has 0 bridgehead atoms. The average molecular weight is 238 g/mol. The van der Waals surface area contributed by atoms with Crippen LogP contribution in [0.25, 0.3) is 0 Å². The van der Waals surface area contributed by atoms with Crippen molar-refractivity contribution in [1.29, 1.82) is 0 Å². The van der Waals surface area contributed by atoms with E-state index in [1.54, 1.807) is 0 Å². The summed E-state index contributed by atoms with van der Waals surface area (Å²) in [6.07, 6.45) is 0. The number of hydrogen-bond acceptors (Lipinski definition) is 4. The van der Waals surface area contributed by atoms with Crippen LogP contribution in [-0.2, 0) is 10.1 Å². The van der Waals surface area contributed by atoms with E-state index in [-0.39, 0.29) is 62.0 Å². The van der Waals surface area contributed by atoms with E-state index in [0.29, 0.717) is 0 Å². The quantitative estimate of drug-likeness (QED) is 0.258. The van der Waals surface area contributed by atoms with Gasteiger partial charge in [0.2, 0.25) is 0 Å². The Hall–Kier alpha value is 0.730. The van der Waals surface area contributed by atoms with Crippen LogP contribution in [0.3, 0.4) is 0 Å². The van der Waals surface area contributed by atoms with Gasteiger partial charge in [-0.2, -0.15) is 8.42 Å². The van der Waals surface area contributed by atoms with Gasteiger partial charge in [-0.3, -0.25) is 4.55 Å². The normalized spacial score (nSPS) is 9.79. The van der Waals surface area contributed by atoms with Gasteiger partial charge in [-0.1, -0.05) is 0 Å². The van der Waals surface area contributed by atoms with Crippen molar-refractivity contribution < 1.29 is 85.2 Å². The molecule has 70 valence electrons. The minimum absolute atomic E-state index is 0. The summed E-state index contributed by atoms with van der Waals surface area (Å²) >= 11 is 0. The topological polar surface area (TPSA) is 94.8 Å². The van der Waals surface area contributed by atoms with Crippen LogP contribution >= 0.6 is 0 Å². The van der Waals surface area contributed by atoms with Crippen LogP contribution in [0.2, 0.25) is 0 Å². The van der Waals surface area contributed by atoms with Gasteiger partial charge in [0, 0.05) is 6.07 Å². The van der Waals surface area contributed by atoms with Crippen molar-refractivity contribution in [3.8, 4) is 11.5 Å². The molecule has 0 radical (unpaired) electrons. The van der Waals surface area contributed by atoms with E-state index in [9.17, 15) is 8.42 Å². The maximum atomic E-state index is 10.5. The molecule has 0 unspecified atom stereocenters. The molecule has 0 aliphatic rings. The SMILES string of the molecule is O=S(=O)(O)c1ccc(O)c(O)c1.[H-].[H-].[Na+].[Na+]. The Kier molecular flexibility index (Phi) is 7.76. The van der Waals surface area contributed by atoms with Gasteiger partial charge in [-0.15, -0.1) is 0 Å². The summed E-state index contributed by atoms with van der Waals surface area (Å²) in [6.45, 7) is 0. The first-order valence-corrected chi connectivity index (χ1v) is 4.35. The number of rotatable bonds is 1. The zero-order chi connectivity index (χ0) is 9.35. The van der Waals surface area contributed by atoms with Crippen LogP contribution in [0.4, 0.5) is 0 Å². The van der Waals surface area contributed by atoms with E-state index in [0.717, 1.165) is 18.2 Å². The van der Waals surface area contributed by atoms with Gasteiger partial charge in [0.25, 0.3) is 10.1 Å². The zero-order valence-electron chi connectivity index (χ0n) is 9.80. The summed E-state index contributed by atoms with van der Waals surface area (Å²) in [4.78, 5) is -0.460. The van der Waals surface area contributed by atoms with Crippen molar-refractivity contribution in [3.05, 3.63) is 18.2 Å². The summed E-state index contributed by atoms with van der Waals surface area (Å²) in [5, 5.41) is 17.6. The minimum atomic E-state index is -4.31. The molecule has 0 heterocycles. The monoisotopic (exact) mass is 238 g/mol. The van der Waals surface area contributed by atoms with Gasteiger partial charge in [-0.25, -0.2) is 0 Å². The van der Waals surface area contributed by atoms with Crippen LogP contribution in [0.1, 0.15) is 2.85 Å². The molecule has 1 aromatic rings. The predicted octanol–water partition coefficient (Wildman–Crippen LogP) is -5.42. The zero-order valence-corrected chi connectivity index (χ0v) is 12.6. The average Bonchev–Trinajstić information content (AvgIpc) is 1.92. The van der Waals surface area contributed by atoms with Gasteiger partial charge < -0.3 is 13.1 Å². The molecule has 1 rings (SSSR count). The van der Waals surface area contributed by atoms with Crippen LogP contribution < -0.4 is 59.1 Å². The second-order valence-corrected chi connectivity index (χ2v) is 3.55. The third kappa shape index (κ3) is 4.50. The summed E-state index contributed by atoms with van der Waals surface area (Å²) in [6, 6.07) is 2.70. The third-order valence-electron chi connectivity index (χ3n) is 1.24. The van der Waals surface area contributed by atoms with E-state index in [1.807, 2.05) is 0 Å². The van der Waals surface area contributed by atoms with Crippen molar-refractivity contribution >= 4 is 10.1 Å². The maximum Gasteiger partial charge on any atom is 1.00 e. The fraction of sp³-hybridized carbons (Fsp3) is 0. The molecule has 1 aromatic carbocycles. The van der Waals surface area contributed by atoms with E-state index in [2.05, 4.69) is 0 Å². The van der Waals surface area contributed by atoms with Crippen LogP contribution in [0.5, 0.6) is 11.5 Å². The third-order valence-corrected chi connectivity index (χ3v) is 2.09. The molecule has 0 aliphatic heterocycles. The van der Waals surface area contributed by atoms with E-state index in [1.165, 1.54) is 0 Å². The van der Waals surface area contributed by atoms with Gasteiger partial charge >= 0.3 is 59.1 Å². The molecule has 5 nitrogen and oxygen atoms in total. The number of phenols is 2. The Balaban J connectivity index is -0.000000180. The molecule has 0 saturated carbocycles. The first-order valence-electron chi connectivity index (χ1n) is 2.91. The fourth-order valence-corrected chi connectivity index (χ4v) is 1.16. The Bertz CT molecular complexity index is 411. The van der Waals surface area contributed by atoms with Crippen LogP contribution in [0.15, 0.2) is 23.1 Å². The second-order valence-electron chi connectivity index (χ2n) is 2.13. The molecule has 0 fully saturated rings. The Morgan fingerprint density at radius 2 is 1.57 bits per heavy atom. The van der Waals surface area contributed by atoms with Crippen molar-refractivity contribution in [2.45, 2.75) is 4.90 Å². The molecule has 0 amide bonds. The van der Waals surface area contributed by atoms with Crippen molar-refractivity contribution in [2.24, 2.45) is 0 Å². The standard InChI is InChI=1S/C6H6O5S.2Na.2H/c7-5-2-1-4(3-6(5)8)12(9,10)11;;;;/h1-3,7-8H,(H,9,10,11);;;;/q;2*+1;2*-1. The van der Waals surface area contributed by atoms with Gasteiger partial charge in [0.1, 0.15) is 0 Å². The first kappa shape index (κ1) is 17.1. The number of benzene rings is 1.